The Morgan fingerprint density at radius 3 is 2.86 bits per heavy atom. The second kappa shape index (κ2) is 5.72. The summed E-state index contributed by atoms with van der Waals surface area (Å²) in [7, 11) is 0. The van der Waals surface area contributed by atoms with Crippen LogP contribution in [0, 0.1) is 5.92 Å². The zero-order valence-electron chi connectivity index (χ0n) is 12.7. The van der Waals surface area contributed by atoms with Gasteiger partial charge in [0.2, 0.25) is 5.91 Å². The van der Waals surface area contributed by atoms with Crippen molar-refractivity contribution in [3.05, 3.63) is 24.0 Å². The highest BCUT2D eigenvalue weighted by Crippen LogP contribution is 2.35. The molecule has 1 atom stereocenters. The van der Waals surface area contributed by atoms with E-state index in [-0.39, 0.29) is 11.8 Å². The summed E-state index contributed by atoms with van der Waals surface area (Å²) < 4.78 is 0. The Balaban J connectivity index is 1.50. The molecule has 2 fully saturated rings. The molecule has 0 bridgehead atoms. The van der Waals surface area contributed by atoms with Crippen LogP contribution in [-0.4, -0.2) is 29.0 Å². The van der Waals surface area contributed by atoms with E-state index in [9.17, 15) is 4.79 Å². The van der Waals surface area contributed by atoms with E-state index in [1.54, 1.807) is 0 Å². The van der Waals surface area contributed by atoms with Crippen molar-refractivity contribution >= 4 is 22.6 Å². The maximum atomic E-state index is 12.3. The smallest absolute Gasteiger partial charge is 0.228 e. The zero-order valence-corrected chi connectivity index (χ0v) is 12.7. The summed E-state index contributed by atoms with van der Waals surface area (Å²) in [6.07, 6.45) is 5.81. The van der Waals surface area contributed by atoms with Crippen LogP contribution in [-0.2, 0) is 4.79 Å². The average molecular weight is 298 g/mol. The van der Waals surface area contributed by atoms with Crippen LogP contribution in [0.3, 0.4) is 0 Å². The number of aromatic amines is 1. The van der Waals surface area contributed by atoms with Crippen molar-refractivity contribution in [3.63, 3.8) is 0 Å². The van der Waals surface area contributed by atoms with E-state index >= 15 is 0 Å². The van der Waals surface area contributed by atoms with Crippen molar-refractivity contribution in [3.8, 4) is 0 Å². The number of hydrogen-bond acceptors (Lipinski definition) is 3. The van der Waals surface area contributed by atoms with E-state index in [0.717, 1.165) is 48.5 Å². The lowest BCUT2D eigenvalue weighted by molar-refractivity contribution is -0.120. The molecule has 1 unspecified atom stereocenters. The van der Waals surface area contributed by atoms with Crippen LogP contribution in [0.4, 0.5) is 5.69 Å². The summed E-state index contributed by atoms with van der Waals surface area (Å²) in [5.41, 5.74) is 2.85. The predicted molar refractivity (Wildman–Crippen MR) is 86.9 cm³/mol. The molecule has 3 N–H and O–H groups in total. The Hall–Kier alpha value is -1.88. The van der Waals surface area contributed by atoms with Crippen LogP contribution in [0.15, 0.2) is 18.2 Å². The Kier molecular flexibility index (Phi) is 3.58. The van der Waals surface area contributed by atoms with Crippen molar-refractivity contribution in [2.75, 3.05) is 18.4 Å². The maximum Gasteiger partial charge on any atom is 0.228 e. The van der Waals surface area contributed by atoms with Gasteiger partial charge in [0.25, 0.3) is 0 Å². The van der Waals surface area contributed by atoms with Crippen LogP contribution in [0.5, 0.6) is 0 Å². The van der Waals surface area contributed by atoms with E-state index in [2.05, 4.69) is 20.6 Å². The number of carbonyl (C=O) groups excluding carboxylic acids is 1. The number of nitrogens with zero attached hydrogens (tertiary/aromatic N) is 1. The molecule has 1 aromatic heterocycles. The lowest BCUT2D eigenvalue weighted by atomic mass is 9.85. The van der Waals surface area contributed by atoms with Crippen LogP contribution in [0.25, 0.3) is 11.0 Å². The molecule has 22 heavy (non-hydrogen) atoms. The fraction of sp³-hybridized carbons (Fsp3) is 0.529. The van der Waals surface area contributed by atoms with Gasteiger partial charge in [-0.05, 0) is 50.4 Å². The molecule has 1 amide bonds. The first kappa shape index (κ1) is 13.8. The largest absolute Gasteiger partial charge is 0.342 e. The molecular weight excluding hydrogens is 276 g/mol. The van der Waals surface area contributed by atoms with Gasteiger partial charge in [-0.25, -0.2) is 4.98 Å². The first-order valence-corrected chi connectivity index (χ1v) is 8.31. The highest BCUT2D eigenvalue weighted by molar-refractivity contribution is 5.94. The fourth-order valence-electron chi connectivity index (χ4n) is 3.30. The fourth-order valence-corrected chi connectivity index (χ4v) is 3.30. The van der Waals surface area contributed by atoms with Gasteiger partial charge in [0.15, 0.2) is 0 Å². The average Bonchev–Trinajstić information content (AvgIpc) is 2.88. The Bertz CT molecular complexity index is 683. The Labute approximate surface area is 129 Å². The highest BCUT2D eigenvalue weighted by atomic mass is 16.1. The minimum absolute atomic E-state index is 0.0803. The molecule has 5 heteroatoms. The molecule has 2 aliphatic rings. The first-order chi connectivity index (χ1) is 10.8. The second-order valence-corrected chi connectivity index (χ2v) is 6.51. The van der Waals surface area contributed by atoms with Crippen LogP contribution in [0.1, 0.15) is 43.8 Å². The van der Waals surface area contributed by atoms with Gasteiger partial charge < -0.3 is 15.6 Å². The number of benzene rings is 1. The third-order valence-corrected chi connectivity index (χ3v) is 4.93. The van der Waals surface area contributed by atoms with E-state index in [0.29, 0.717) is 5.92 Å². The van der Waals surface area contributed by atoms with Crippen molar-refractivity contribution in [1.82, 2.24) is 15.3 Å². The van der Waals surface area contributed by atoms with Crippen molar-refractivity contribution in [2.24, 2.45) is 5.92 Å². The zero-order chi connectivity index (χ0) is 14.9. The van der Waals surface area contributed by atoms with Crippen molar-refractivity contribution in [2.45, 2.75) is 38.0 Å². The van der Waals surface area contributed by atoms with Gasteiger partial charge in [-0.3, -0.25) is 4.79 Å². The summed E-state index contributed by atoms with van der Waals surface area (Å²) in [5.74, 6) is 1.89. The minimum Gasteiger partial charge on any atom is -0.342 e. The number of nitrogens with one attached hydrogen (secondary N) is 3. The summed E-state index contributed by atoms with van der Waals surface area (Å²) in [4.78, 5) is 20.4. The predicted octanol–water partition coefficient (Wildman–Crippen LogP) is 2.77. The van der Waals surface area contributed by atoms with E-state index in [4.69, 9.17) is 0 Å². The second-order valence-electron chi connectivity index (χ2n) is 6.51. The number of fused-ring (bicyclic) bond motifs is 1. The van der Waals surface area contributed by atoms with Gasteiger partial charge in [0, 0.05) is 18.2 Å². The quantitative estimate of drug-likeness (QED) is 0.816. The molecule has 0 spiro atoms. The Morgan fingerprint density at radius 2 is 2.14 bits per heavy atom. The summed E-state index contributed by atoms with van der Waals surface area (Å²) >= 11 is 0. The highest BCUT2D eigenvalue weighted by Gasteiger charge is 2.23. The molecule has 1 aliphatic heterocycles. The number of imidazole rings is 1. The number of H-pyrrole nitrogens is 1. The third-order valence-electron chi connectivity index (χ3n) is 4.93. The number of carbonyl (C=O) groups is 1. The van der Waals surface area contributed by atoms with Crippen molar-refractivity contribution < 1.29 is 4.79 Å². The number of piperidine rings is 1. The monoisotopic (exact) mass is 298 g/mol. The SMILES string of the molecule is O=C(Nc1ccc2nc(C3CCC3)[nH]c2c1)C1CCCNC1. The first-order valence-electron chi connectivity index (χ1n) is 8.31. The number of aromatic nitrogens is 2. The van der Waals surface area contributed by atoms with Gasteiger partial charge in [-0.1, -0.05) is 6.42 Å². The lowest BCUT2D eigenvalue weighted by Crippen LogP contribution is -2.37. The number of amides is 1. The Morgan fingerprint density at radius 1 is 1.23 bits per heavy atom. The molecule has 1 saturated heterocycles. The number of anilines is 1. The molecule has 1 aromatic carbocycles. The van der Waals surface area contributed by atoms with Gasteiger partial charge in [-0.15, -0.1) is 0 Å². The summed E-state index contributed by atoms with van der Waals surface area (Å²) in [6, 6.07) is 5.93. The van der Waals surface area contributed by atoms with Crippen LogP contribution >= 0.6 is 0 Å². The number of rotatable bonds is 3. The van der Waals surface area contributed by atoms with Crippen molar-refractivity contribution in [1.29, 1.82) is 0 Å². The van der Waals surface area contributed by atoms with Gasteiger partial charge in [0.05, 0.1) is 17.0 Å². The van der Waals surface area contributed by atoms with Crippen LogP contribution < -0.4 is 10.6 Å². The van der Waals surface area contributed by atoms with E-state index in [1.807, 2.05) is 18.2 Å². The molecular formula is C17H22N4O. The molecule has 4 rings (SSSR count). The molecule has 116 valence electrons. The molecule has 1 aliphatic carbocycles. The van der Waals surface area contributed by atoms with Gasteiger partial charge in [-0.2, -0.15) is 0 Å². The summed E-state index contributed by atoms with van der Waals surface area (Å²) in [5, 5.41) is 6.33. The summed E-state index contributed by atoms with van der Waals surface area (Å²) in [6.45, 7) is 1.80. The van der Waals surface area contributed by atoms with E-state index < -0.39 is 0 Å². The standard InChI is InChI=1S/C17H22N4O/c22-17(12-5-2-8-18-10-12)19-13-6-7-14-15(9-13)21-16(20-14)11-3-1-4-11/h6-7,9,11-12,18H,1-5,8,10H2,(H,19,22)(H,20,21). The normalized spacial score (nSPS) is 22.5. The molecule has 2 heterocycles. The van der Waals surface area contributed by atoms with E-state index in [1.165, 1.54) is 19.3 Å². The molecule has 5 nitrogen and oxygen atoms in total. The minimum atomic E-state index is 0.0803. The molecule has 1 saturated carbocycles. The number of hydrogen-bond donors (Lipinski definition) is 3. The maximum absolute atomic E-state index is 12.3. The molecule has 2 aromatic rings. The third kappa shape index (κ3) is 2.61. The van der Waals surface area contributed by atoms with Gasteiger partial charge in [0.1, 0.15) is 5.82 Å². The topological polar surface area (TPSA) is 69.8 Å². The lowest BCUT2D eigenvalue weighted by Gasteiger charge is -2.22. The molecule has 0 radical (unpaired) electrons. The van der Waals surface area contributed by atoms with Gasteiger partial charge >= 0.3 is 0 Å². The van der Waals surface area contributed by atoms with Crippen LogP contribution in [0.2, 0.25) is 0 Å².